The van der Waals surface area contributed by atoms with E-state index in [1.54, 1.807) is 0 Å². The average molecular weight is 286 g/mol. The molecule has 0 radical (unpaired) electrons. The van der Waals surface area contributed by atoms with E-state index in [0.717, 1.165) is 19.6 Å². The molecule has 0 spiro atoms. The van der Waals surface area contributed by atoms with Crippen LogP contribution in [-0.4, -0.2) is 27.8 Å². The second-order valence-electron chi connectivity index (χ2n) is 6.05. The highest BCUT2D eigenvalue weighted by molar-refractivity contribution is 5.23. The largest absolute Gasteiger partial charge is 0.310 e. The highest BCUT2D eigenvalue weighted by Crippen LogP contribution is 2.10. The molecule has 2 aromatic rings. The fraction of sp³-hybridized carbons (Fsp3) is 0.471. The van der Waals surface area contributed by atoms with E-state index in [0.29, 0.717) is 6.04 Å². The topological polar surface area (TPSA) is 33.1 Å². The van der Waals surface area contributed by atoms with Crippen molar-refractivity contribution in [3.8, 4) is 0 Å². The zero-order valence-corrected chi connectivity index (χ0v) is 13.5. The second kappa shape index (κ2) is 7.38. The quantitative estimate of drug-likeness (QED) is 0.849. The van der Waals surface area contributed by atoms with Gasteiger partial charge in [-0.05, 0) is 18.2 Å². The molecule has 1 aromatic heterocycles. The number of benzene rings is 1. The zero-order chi connectivity index (χ0) is 15.2. The summed E-state index contributed by atoms with van der Waals surface area (Å²) in [6.07, 6.45) is 4.00. The minimum Gasteiger partial charge on any atom is -0.310 e. The monoisotopic (exact) mass is 286 g/mol. The lowest BCUT2D eigenvalue weighted by Crippen LogP contribution is -2.22. The molecule has 21 heavy (non-hydrogen) atoms. The molecule has 0 bridgehead atoms. The summed E-state index contributed by atoms with van der Waals surface area (Å²) in [5.74, 6) is 0. The molecule has 0 fully saturated rings. The van der Waals surface area contributed by atoms with Crippen LogP contribution in [0.3, 0.4) is 0 Å². The standard InChI is InChI=1S/C17H26N4/c1-14(2)18-9-15-6-5-7-16(8-15)11-20(3)12-17-10-19-21(4)13-17/h5-8,10,13-14,18H,9,11-12H2,1-4H3. The number of nitrogens with zero attached hydrogens (tertiary/aromatic N) is 3. The van der Waals surface area contributed by atoms with E-state index >= 15 is 0 Å². The Balaban J connectivity index is 1.91. The van der Waals surface area contributed by atoms with Gasteiger partial charge in [0.05, 0.1) is 6.20 Å². The van der Waals surface area contributed by atoms with E-state index in [9.17, 15) is 0 Å². The molecule has 0 aliphatic rings. The Hall–Kier alpha value is -1.65. The van der Waals surface area contributed by atoms with Crippen molar-refractivity contribution in [2.45, 2.75) is 39.5 Å². The number of nitrogens with one attached hydrogen (secondary N) is 1. The molecular formula is C17H26N4. The molecule has 0 atom stereocenters. The lowest BCUT2D eigenvalue weighted by atomic mass is 10.1. The summed E-state index contributed by atoms with van der Waals surface area (Å²) in [6, 6.07) is 9.32. The molecule has 4 nitrogen and oxygen atoms in total. The smallest absolute Gasteiger partial charge is 0.0534 e. The summed E-state index contributed by atoms with van der Waals surface area (Å²) < 4.78 is 1.85. The van der Waals surface area contributed by atoms with Crippen LogP contribution < -0.4 is 5.32 Å². The minimum absolute atomic E-state index is 0.516. The second-order valence-corrected chi connectivity index (χ2v) is 6.05. The maximum atomic E-state index is 4.21. The number of aryl methyl sites for hydroxylation is 1. The Bertz CT molecular complexity index is 559. The Morgan fingerprint density at radius 3 is 2.57 bits per heavy atom. The molecule has 1 N–H and O–H groups in total. The molecule has 0 saturated heterocycles. The molecule has 114 valence electrons. The van der Waals surface area contributed by atoms with Gasteiger partial charge < -0.3 is 5.32 Å². The Morgan fingerprint density at radius 2 is 1.90 bits per heavy atom. The van der Waals surface area contributed by atoms with E-state index in [1.165, 1.54) is 16.7 Å². The number of hydrogen-bond donors (Lipinski definition) is 1. The van der Waals surface area contributed by atoms with Crippen molar-refractivity contribution in [2.24, 2.45) is 7.05 Å². The zero-order valence-electron chi connectivity index (χ0n) is 13.5. The van der Waals surface area contributed by atoms with Crippen LogP contribution in [0.5, 0.6) is 0 Å². The van der Waals surface area contributed by atoms with Crippen LogP contribution in [-0.2, 0) is 26.7 Å². The summed E-state index contributed by atoms with van der Waals surface area (Å²) in [7, 11) is 4.10. The van der Waals surface area contributed by atoms with Crippen molar-refractivity contribution in [1.29, 1.82) is 0 Å². The number of hydrogen-bond acceptors (Lipinski definition) is 3. The molecule has 0 unspecified atom stereocenters. The number of rotatable bonds is 7. The van der Waals surface area contributed by atoms with Crippen LogP contribution in [0.1, 0.15) is 30.5 Å². The van der Waals surface area contributed by atoms with E-state index in [1.807, 2.05) is 17.9 Å². The van der Waals surface area contributed by atoms with Crippen molar-refractivity contribution < 1.29 is 0 Å². The van der Waals surface area contributed by atoms with Crippen molar-refractivity contribution in [2.75, 3.05) is 7.05 Å². The first kappa shape index (κ1) is 15.7. The summed E-state index contributed by atoms with van der Waals surface area (Å²) >= 11 is 0. The van der Waals surface area contributed by atoms with Crippen molar-refractivity contribution in [1.82, 2.24) is 20.0 Å². The highest BCUT2D eigenvalue weighted by Gasteiger charge is 2.04. The van der Waals surface area contributed by atoms with Crippen LogP contribution in [0, 0.1) is 0 Å². The van der Waals surface area contributed by atoms with Crippen LogP contribution in [0.15, 0.2) is 36.7 Å². The summed E-state index contributed by atoms with van der Waals surface area (Å²) in [4.78, 5) is 2.31. The third-order valence-corrected chi connectivity index (χ3v) is 3.37. The van der Waals surface area contributed by atoms with Gasteiger partial charge in [-0.25, -0.2) is 0 Å². The fourth-order valence-electron chi connectivity index (χ4n) is 2.39. The molecule has 0 aliphatic carbocycles. The summed E-state index contributed by atoms with van der Waals surface area (Å²) in [5, 5.41) is 7.67. The maximum absolute atomic E-state index is 4.21. The van der Waals surface area contributed by atoms with E-state index in [2.05, 4.69) is 66.7 Å². The van der Waals surface area contributed by atoms with Gasteiger partial charge in [-0.1, -0.05) is 38.1 Å². The van der Waals surface area contributed by atoms with Crippen molar-refractivity contribution >= 4 is 0 Å². The van der Waals surface area contributed by atoms with Crippen LogP contribution in [0.4, 0.5) is 0 Å². The van der Waals surface area contributed by atoms with Gasteiger partial charge in [-0.2, -0.15) is 5.10 Å². The summed E-state index contributed by atoms with van der Waals surface area (Å²) in [5.41, 5.74) is 3.94. The first-order valence-electron chi connectivity index (χ1n) is 7.50. The van der Waals surface area contributed by atoms with Gasteiger partial charge in [-0.3, -0.25) is 9.58 Å². The SMILES string of the molecule is CC(C)NCc1cccc(CN(C)Cc2cnn(C)c2)c1. The third-order valence-electron chi connectivity index (χ3n) is 3.37. The normalized spacial score (nSPS) is 11.5. The lowest BCUT2D eigenvalue weighted by molar-refractivity contribution is 0.319. The van der Waals surface area contributed by atoms with E-state index < -0.39 is 0 Å². The van der Waals surface area contributed by atoms with Crippen molar-refractivity contribution in [3.05, 3.63) is 53.3 Å². The van der Waals surface area contributed by atoms with Crippen molar-refractivity contribution in [3.63, 3.8) is 0 Å². The van der Waals surface area contributed by atoms with Gasteiger partial charge in [0.25, 0.3) is 0 Å². The van der Waals surface area contributed by atoms with Gasteiger partial charge in [0.1, 0.15) is 0 Å². The Labute approximate surface area is 127 Å². The summed E-state index contributed by atoms with van der Waals surface area (Å²) in [6.45, 7) is 7.14. The van der Waals surface area contributed by atoms with Gasteiger partial charge in [0, 0.05) is 44.5 Å². The van der Waals surface area contributed by atoms with Crippen LogP contribution in [0.25, 0.3) is 0 Å². The molecule has 1 aromatic carbocycles. The molecule has 0 amide bonds. The van der Waals surface area contributed by atoms with Gasteiger partial charge >= 0.3 is 0 Å². The first-order valence-corrected chi connectivity index (χ1v) is 7.50. The van der Waals surface area contributed by atoms with Gasteiger partial charge in [-0.15, -0.1) is 0 Å². The first-order chi connectivity index (χ1) is 10.0. The van der Waals surface area contributed by atoms with Crippen LogP contribution >= 0.6 is 0 Å². The minimum atomic E-state index is 0.516. The average Bonchev–Trinajstić information content (AvgIpc) is 2.82. The Morgan fingerprint density at radius 1 is 1.19 bits per heavy atom. The predicted molar refractivity (Wildman–Crippen MR) is 86.8 cm³/mol. The van der Waals surface area contributed by atoms with E-state index in [4.69, 9.17) is 0 Å². The molecule has 0 aliphatic heterocycles. The molecule has 4 heteroatoms. The Kier molecular flexibility index (Phi) is 5.53. The highest BCUT2D eigenvalue weighted by atomic mass is 15.2. The number of aromatic nitrogens is 2. The van der Waals surface area contributed by atoms with Gasteiger partial charge in [0.15, 0.2) is 0 Å². The van der Waals surface area contributed by atoms with Crippen LogP contribution in [0.2, 0.25) is 0 Å². The molecular weight excluding hydrogens is 260 g/mol. The third kappa shape index (κ3) is 5.33. The predicted octanol–water partition coefficient (Wildman–Crippen LogP) is 2.55. The molecule has 2 rings (SSSR count). The van der Waals surface area contributed by atoms with Gasteiger partial charge in [0.2, 0.25) is 0 Å². The molecule has 1 heterocycles. The maximum Gasteiger partial charge on any atom is 0.0534 e. The fourth-order valence-corrected chi connectivity index (χ4v) is 2.39. The molecule has 0 saturated carbocycles. The van der Waals surface area contributed by atoms with E-state index in [-0.39, 0.29) is 0 Å². The lowest BCUT2D eigenvalue weighted by Gasteiger charge is -2.16.